The zero-order chi connectivity index (χ0) is 16.1. The van der Waals surface area contributed by atoms with Gasteiger partial charge in [-0.3, -0.25) is 4.79 Å². The number of hydrogen-bond donors (Lipinski definition) is 1. The molecule has 1 spiro atoms. The summed E-state index contributed by atoms with van der Waals surface area (Å²) in [5.74, 6) is 0.525. The number of carbonyl (C=O) groups excluding carboxylic acids is 1. The van der Waals surface area contributed by atoms with Gasteiger partial charge in [0.15, 0.2) is 5.79 Å². The van der Waals surface area contributed by atoms with E-state index in [1.165, 1.54) is 0 Å². The third-order valence-corrected chi connectivity index (χ3v) is 4.48. The van der Waals surface area contributed by atoms with Gasteiger partial charge < -0.3 is 24.4 Å². The van der Waals surface area contributed by atoms with Gasteiger partial charge in [-0.2, -0.15) is 0 Å². The Labute approximate surface area is 136 Å². The number of benzene rings is 1. The zero-order valence-corrected chi connectivity index (χ0v) is 13.5. The Morgan fingerprint density at radius 3 is 2.65 bits per heavy atom. The molecule has 2 aliphatic rings. The quantitative estimate of drug-likeness (QED) is 0.882. The molecule has 0 aliphatic carbocycles. The Bertz CT molecular complexity index is 533. The average Bonchev–Trinajstić information content (AvgIpc) is 3.04. The third kappa shape index (κ3) is 3.83. The normalized spacial score (nSPS) is 20.0. The highest BCUT2D eigenvalue weighted by Crippen LogP contribution is 2.31. The molecule has 23 heavy (non-hydrogen) atoms. The monoisotopic (exact) mass is 320 g/mol. The second-order valence-corrected chi connectivity index (χ2v) is 5.90. The summed E-state index contributed by atoms with van der Waals surface area (Å²) in [5.41, 5.74) is 1.05. The first kappa shape index (κ1) is 16.2. The molecule has 0 bridgehead atoms. The van der Waals surface area contributed by atoms with Gasteiger partial charge in [0.2, 0.25) is 5.91 Å². The first-order chi connectivity index (χ1) is 11.2. The van der Waals surface area contributed by atoms with Crippen molar-refractivity contribution in [3.8, 4) is 5.75 Å². The number of hydrogen-bond acceptors (Lipinski definition) is 5. The maximum Gasteiger partial charge on any atom is 0.236 e. The number of methoxy groups -OCH3 is 1. The molecule has 6 heteroatoms. The van der Waals surface area contributed by atoms with E-state index in [0.717, 1.165) is 24.2 Å². The summed E-state index contributed by atoms with van der Waals surface area (Å²) in [7, 11) is 1.65. The van der Waals surface area contributed by atoms with Gasteiger partial charge >= 0.3 is 0 Å². The predicted octanol–water partition coefficient (Wildman–Crippen LogP) is 1.15. The molecule has 0 unspecified atom stereocenters. The van der Waals surface area contributed by atoms with Crippen LogP contribution in [0, 0.1) is 0 Å². The van der Waals surface area contributed by atoms with Crippen molar-refractivity contribution < 1.29 is 19.0 Å². The summed E-state index contributed by atoms with van der Waals surface area (Å²) in [6.45, 7) is 3.64. The van der Waals surface area contributed by atoms with Gasteiger partial charge in [0.25, 0.3) is 0 Å². The number of rotatable bonds is 5. The number of nitrogens with one attached hydrogen (secondary N) is 1. The van der Waals surface area contributed by atoms with Crippen molar-refractivity contribution in [2.45, 2.75) is 25.2 Å². The minimum absolute atomic E-state index is 0.118. The number of likely N-dealkylation sites (tertiary alicyclic amines) is 1. The van der Waals surface area contributed by atoms with Crippen molar-refractivity contribution in [3.05, 3.63) is 29.8 Å². The van der Waals surface area contributed by atoms with Crippen LogP contribution in [0.2, 0.25) is 0 Å². The number of ether oxygens (including phenoxy) is 3. The topological polar surface area (TPSA) is 60.0 Å². The molecule has 2 aliphatic heterocycles. The molecule has 1 aromatic rings. The van der Waals surface area contributed by atoms with E-state index in [4.69, 9.17) is 14.2 Å². The molecule has 1 amide bonds. The van der Waals surface area contributed by atoms with E-state index < -0.39 is 5.79 Å². The van der Waals surface area contributed by atoms with Crippen LogP contribution in [0.1, 0.15) is 18.4 Å². The second kappa shape index (κ2) is 7.29. The van der Waals surface area contributed by atoms with Crippen molar-refractivity contribution in [2.24, 2.45) is 0 Å². The van der Waals surface area contributed by atoms with E-state index in [2.05, 4.69) is 5.32 Å². The number of para-hydroxylation sites is 1. The van der Waals surface area contributed by atoms with Crippen LogP contribution in [0.3, 0.4) is 0 Å². The van der Waals surface area contributed by atoms with E-state index in [1.807, 2.05) is 29.2 Å². The lowest BCUT2D eigenvalue weighted by atomic mass is 10.0. The fourth-order valence-corrected chi connectivity index (χ4v) is 3.15. The minimum Gasteiger partial charge on any atom is -0.496 e. The lowest BCUT2D eigenvalue weighted by molar-refractivity contribution is -0.187. The minimum atomic E-state index is -0.429. The second-order valence-electron chi connectivity index (χ2n) is 5.90. The number of carbonyl (C=O) groups is 1. The highest BCUT2D eigenvalue weighted by molar-refractivity contribution is 5.78. The van der Waals surface area contributed by atoms with Gasteiger partial charge in [-0.15, -0.1) is 0 Å². The van der Waals surface area contributed by atoms with Crippen LogP contribution in [0.25, 0.3) is 0 Å². The van der Waals surface area contributed by atoms with E-state index >= 15 is 0 Å². The van der Waals surface area contributed by atoms with Crippen molar-refractivity contribution in [1.29, 1.82) is 0 Å². The Morgan fingerprint density at radius 1 is 1.26 bits per heavy atom. The molecule has 0 aromatic heterocycles. The standard InChI is InChI=1S/C17H24N2O4/c1-21-15-5-3-2-4-14(15)12-18-13-16(20)19-8-6-17(7-9-19)22-10-11-23-17/h2-5,18H,6-13H2,1H3. The lowest BCUT2D eigenvalue weighted by Crippen LogP contribution is -2.49. The van der Waals surface area contributed by atoms with Crippen LogP contribution in [0.4, 0.5) is 0 Å². The molecule has 2 fully saturated rings. The molecule has 3 rings (SSSR count). The van der Waals surface area contributed by atoms with Gasteiger partial charge in [0.1, 0.15) is 5.75 Å². The molecule has 0 saturated carbocycles. The maximum atomic E-state index is 12.3. The fraction of sp³-hybridized carbons (Fsp3) is 0.588. The van der Waals surface area contributed by atoms with Crippen LogP contribution in [-0.2, 0) is 20.8 Å². The molecule has 0 radical (unpaired) electrons. The average molecular weight is 320 g/mol. The lowest BCUT2D eigenvalue weighted by Gasteiger charge is -2.37. The van der Waals surface area contributed by atoms with Crippen LogP contribution >= 0.6 is 0 Å². The number of nitrogens with zero attached hydrogens (tertiary/aromatic N) is 1. The molecular formula is C17H24N2O4. The Hall–Kier alpha value is -1.63. The summed E-state index contributed by atoms with van der Waals surface area (Å²) < 4.78 is 16.7. The highest BCUT2D eigenvalue weighted by Gasteiger charge is 2.40. The van der Waals surface area contributed by atoms with Crippen molar-refractivity contribution in [2.75, 3.05) is 40.0 Å². The summed E-state index contributed by atoms with van der Waals surface area (Å²) in [5, 5.41) is 3.20. The van der Waals surface area contributed by atoms with Gasteiger partial charge in [-0.1, -0.05) is 18.2 Å². The molecular weight excluding hydrogens is 296 g/mol. The van der Waals surface area contributed by atoms with Gasteiger partial charge in [0.05, 0.1) is 26.9 Å². The fourth-order valence-electron chi connectivity index (χ4n) is 3.15. The maximum absolute atomic E-state index is 12.3. The summed E-state index contributed by atoms with van der Waals surface area (Å²) in [6.07, 6.45) is 1.51. The van der Waals surface area contributed by atoms with Crippen LogP contribution < -0.4 is 10.1 Å². The molecule has 2 saturated heterocycles. The van der Waals surface area contributed by atoms with E-state index in [-0.39, 0.29) is 5.91 Å². The summed E-state index contributed by atoms with van der Waals surface area (Å²) in [6, 6.07) is 7.82. The van der Waals surface area contributed by atoms with Gasteiger partial charge in [-0.25, -0.2) is 0 Å². The number of piperidine rings is 1. The first-order valence-corrected chi connectivity index (χ1v) is 8.11. The van der Waals surface area contributed by atoms with Crippen molar-refractivity contribution in [1.82, 2.24) is 10.2 Å². The molecule has 1 N–H and O–H groups in total. The Balaban J connectivity index is 1.43. The summed E-state index contributed by atoms with van der Waals surface area (Å²) in [4.78, 5) is 14.2. The smallest absolute Gasteiger partial charge is 0.236 e. The number of amides is 1. The van der Waals surface area contributed by atoms with E-state index in [9.17, 15) is 4.79 Å². The van der Waals surface area contributed by atoms with Crippen molar-refractivity contribution in [3.63, 3.8) is 0 Å². The zero-order valence-electron chi connectivity index (χ0n) is 13.5. The molecule has 6 nitrogen and oxygen atoms in total. The largest absolute Gasteiger partial charge is 0.496 e. The first-order valence-electron chi connectivity index (χ1n) is 8.11. The molecule has 1 aromatic carbocycles. The third-order valence-electron chi connectivity index (χ3n) is 4.48. The van der Waals surface area contributed by atoms with Crippen LogP contribution in [0.5, 0.6) is 5.75 Å². The summed E-state index contributed by atoms with van der Waals surface area (Å²) >= 11 is 0. The SMILES string of the molecule is COc1ccccc1CNCC(=O)N1CCC2(CC1)OCCO2. The van der Waals surface area contributed by atoms with Gasteiger partial charge in [0, 0.05) is 38.0 Å². The van der Waals surface area contributed by atoms with E-state index in [0.29, 0.717) is 39.4 Å². The molecule has 2 heterocycles. The molecule has 126 valence electrons. The van der Waals surface area contributed by atoms with Gasteiger partial charge in [-0.05, 0) is 6.07 Å². The highest BCUT2D eigenvalue weighted by atomic mass is 16.7. The van der Waals surface area contributed by atoms with Crippen LogP contribution in [-0.4, -0.2) is 56.6 Å². The Morgan fingerprint density at radius 2 is 1.96 bits per heavy atom. The van der Waals surface area contributed by atoms with Crippen LogP contribution in [0.15, 0.2) is 24.3 Å². The molecule has 0 atom stereocenters. The Kier molecular flexibility index (Phi) is 5.15. The predicted molar refractivity (Wildman–Crippen MR) is 85.1 cm³/mol. The van der Waals surface area contributed by atoms with Crippen molar-refractivity contribution >= 4 is 5.91 Å². The van der Waals surface area contributed by atoms with E-state index in [1.54, 1.807) is 7.11 Å².